The molecule has 5 heteroatoms. The first kappa shape index (κ1) is 8.43. The quantitative estimate of drug-likeness (QED) is 0.773. The third-order valence-electron chi connectivity index (χ3n) is 1.60. The number of hydrogen-bond acceptors (Lipinski definition) is 4. The summed E-state index contributed by atoms with van der Waals surface area (Å²) in [6, 6.07) is 9.07. The summed E-state index contributed by atoms with van der Waals surface area (Å²) in [5.74, 6) is -0.362. The Labute approximate surface area is 79.7 Å². The number of anilines is 1. The summed E-state index contributed by atoms with van der Waals surface area (Å²) in [6.07, 6.45) is 1.11. The van der Waals surface area contributed by atoms with E-state index in [1.165, 1.54) is 0 Å². The fraction of sp³-hybridized carbons (Fsp3) is 0. The van der Waals surface area contributed by atoms with Crippen LogP contribution >= 0.6 is 0 Å². The van der Waals surface area contributed by atoms with Crippen molar-refractivity contribution in [2.45, 2.75) is 0 Å². The van der Waals surface area contributed by atoms with Crippen molar-refractivity contribution in [3.8, 4) is 0 Å². The lowest BCUT2D eigenvalue weighted by atomic mass is 10.3. The van der Waals surface area contributed by atoms with Crippen LogP contribution in [0.15, 0.2) is 41.2 Å². The van der Waals surface area contributed by atoms with Gasteiger partial charge in [-0.05, 0) is 12.1 Å². The van der Waals surface area contributed by atoms with Gasteiger partial charge in [-0.3, -0.25) is 4.79 Å². The van der Waals surface area contributed by atoms with Crippen molar-refractivity contribution < 1.29 is 9.32 Å². The zero-order valence-electron chi connectivity index (χ0n) is 7.18. The zero-order chi connectivity index (χ0) is 9.80. The molecule has 0 aliphatic rings. The van der Waals surface area contributed by atoms with E-state index >= 15 is 0 Å². The summed E-state index contributed by atoms with van der Waals surface area (Å²) in [5, 5.41) is 6.03. The molecule has 14 heavy (non-hydrogen) atoms. The topological polar surface area (TPSA) is 68.0 Å². The van der Waals surface area contributed by atoms with Gasteiger partial charge in [-0.2, -0.15) is 4.98 Å². The van der Waals surface area contributed by atoms with Crippen molar-refractivity contribution in [3.05, 3.63) is 42.5 Å². The highest BCUT2D eigenvalue weighted by molar-refractivity contribution is 6.01. The molecule has 1 aromatic heterocycles. The van der Waals surface area contributed by atoms with Crippen molar-refractivity contribution in [1.29, 1.82) is 0 Å². The minimum absolute atomic E-state index is 0.0221. The molecule has 0 atom stereocenters. The van der Waals surface area contributed by atoms with Gasteiger partial charge >= 0.3 is 0 Å². The molecule has 70 valence electrons. The molecule has 0 aliphatic heterocycles. The monoisotopic (exact) mass is 189 g/mol. The van der Waals surface area contributed by atoms with Gasteiger partial charge in [0.2, 0.25) is 6.39 Å². The number of carbonyl (C=O) groups excluding carboxylic acids is 1. The van der Waals surface area contributed by atoms with E-state index in [4.69, 9.17) is 0 Å². The molecule has 5 nitrogen and oxygen atoms in total. The highest BCUT2D eigenvalue weighted by Gasteiger charge is 2.09. The van der Waals surface area contributed by atoms with Gasteiger partial charge in [0.25, 0.3) is 11.7 Å². The number of carbonyl (C=O) groups is 1. The Kier molecular flexibility index (Phi) is 2.22. The van der Waals surface area contributed by atoms with Crippen molar-refractivity contribution in [1.82, 2.24) is 10.1 Å². The Bertz CT molecular complexity index is 411. The molecule has 0 fully saturated rings. The average Bonchev–Trinajstić information content (AvgIpc) is 2.72. The van der Waals surface area contributed by atoms with E-state index in [1.54, 1.807) is 12.1 Å². The molecule has 1 amide bonds. The van der Waals surface area contributed by atoms with Gasteiger partial charge in [0.05, 0.1) is 0 Å². The summed E-state index contributed by atoms with van der Waals surface area (Å²) in [4.78, 5) is 15.0. The molecule has 2 aromatic rings. The third-order valence-corrected chi connectivity index (χ3v) is 1.60. The first-order valence-electron chi connectivity index (χ1n) is 3.99. The number of nitrogens with one attached hydrogen (secondary N) is 1. The molecular formula is C9H7N3O2. The molecular weight excluding hydrogens is 182 g/mol. The van der Waals surface area contributed by atoms with Crippen LogP contribution in [0.25, 0.3) is 0 Å². The van der Waals surface area contributed by atoms with Crippen molar-refractivity contribution in [2.24, 2.45) is 0 Å². The minimum atomic E-state index is -0.384. The number of hydrogen-bond donors (Lipinski definition) is 1. The smallest absolute Gasteiger partial charge is 0.297 e. The molecule has 1 heterocycles. The van der Waals surface area contributed by atoms with Crippen LogP contribution in [0, 0.1) is 0 Å². The van der Waals surface area contributed by atoms with E-state index in [0.717, 1.165) is 6.39 Å². The Morgan fingerprint density at radius 3 is 2.71 bits per heavy atom. The highest BCUT2D eigenvalue weighted by Crippen LogP contribution is 2.05. The van der Waals surface area contributed by atoms with E-state index in [9.17, 15) is 4.79 Å². The summed E-state index contributed by atoms with van der Waals surface area (Å²) in [6.45, 7) is 0. The number of amides is 1. The lowest BCUT2D eigenvalue weighted by Crippen LogP contribution is -2.13. The van der Waals surface area contributed by atoms with Gasteiger partial charge in [-0.15, -0.1) is 0 Å². The van der Waals surface area contributed by atoms with Gasteiger partial charge in [0, 0.05) is 5.69 Å². The lowest BCUT2D eigenvalue weighted by Gasteiger charge is -1.99. The van der Waals surface area contributed by atoms with Gasteiger partial charge in [0.15, 0.2) is 0 Å². The molecule has 1 aromatic carbocycles. The molecule has 0 aliphatic carbocycles. The molecule has 0 saturated carbocycles. The van der Waals surface area contributed by atoms with E-state index in [0.29, 0.717) is 5.69 Å². The largest absolute Gasteiger partial charge is 0.342 e. The van der Waals surface area contributed by atoms with Crippen LogP contribution in [0.3, 0.4) is 0 Å². The second-order valence-corrected chi connectivity index (χ2v) is 2.57. The first-order chi connectivity index (χ1) is 6.86. The first-order valence-corrected chi connectivity index (χ1v) is 3.99. The second-order valence-electron chi connectivity index (χ2n) is 2.57. The Morgan fingerprint density at radius 2 is 2.07 bits per heavy atom. The van der Waals surface area contributed by atoms with E-state index in [2.05, 4.69) is 20.0 Å². The number of aromatic nitrogens is 2. The van der Waals surface area contributed by atoms with Crippen molar-refractivity contribution >= 4 is 11.6 Å². The fourth-order valence-electron chi connectivity index (χ4n) is 0.979. The molecule has 1 N–H and O–H groups in total. The Balaban J connectivity index is 2.10. The number of nitrogens with zero attached hydrogens (tertiary/aromatic N) is 2. The maximum Gasteiger partial charge on any atom is 0.297 e. The number of para-hydroxylation sites is 1. The molecule has 0 bridgehead atoms. The molecule has 0 radical (unpaired) electrons. The SMILES string of the molecule is O=C(Nc1ccccc1)c1ncon1. The second kappa shape index (κ2) is 3.69. The molecule has 2 rings (SSSR count). The normalized spacial score (nSPS) is 9.71. The van der Waals surface area contributed by atoms with Gasteiger partial charge in [0.1, 0.15) is 0 Å². The summed E-state index contributed by atoms with van der Waals surface area (Å²) < 4.78 is 4.45. The van der Waals surface area contributed by atoms with E-state index in [-0.39, 0.29) is 11.7 Å². The van der Waals surface area contributed by atoms with Crippen LogP contribution < -0.4 is 5.32 Å². The Hall–Kier alpha value is -2.17. The zero-order valence-corrected chi connectivity index (χ0v) is 7.18. The average molecular weight is 189 g/mol. The van der Waals surface area contributed by atoms with Crippen LogP contribution in [-0.4, -0.2) is 16.0 Å². The number of rotatable bonds is 2. The van der Waals surface area contributed by atoms with Crippen molar-refractivity contribution in [2.75, 3.05) is 5.32 Å². The summed E-state index contributed by atoms with van der Waals surface area (Å²) in [7, 11) is 0. The van der Waals surface area contributed by atoms with Crippen LogP contribution in [0.1, 0.15) is 10.6 Å². The summed E-state index contributed by atoms with van der Waals surface area (Å²) in [5.41, 5.74) is 0.697. The van der Waals surface area contributed by atoms with Crippen LogP contribution in [-0.2, 0) is 0 Å². The van der Waals surface area contributed by atoms with Crippen molar-refractivity contribution in [3.63, 3.8) is 0 Å². The standard InChI is InChI=1S/C9H7N3O2/c13-9(8-10-6-14-12-8)11-7-4-2-1-3-5-7/h1-6H,(H,11,13). The van der Waals surface area contributed by atoms with Crippen LogP contribution in [0.4, 0.5) is 5.69 Å². The van der Waals surface area contributed by atoms with Gasteiger partial charge in [-0.1, -0.05) is 23.4 Å². The highest BCUT2D eigenvalue weighted by atomic mass is 16.5. The predicted molar refractivity (Wildman–Crippen MR) is 48.7 cm³/mol. The molecule has 0 spiro atoms. The third kappa shape index (κ3) is 1.77. The lowest BCUT2D eigenvalue weighted by molar-refractivity contribution is 0.101. The number of benzene rings is 1. The van der Waals surface area contributed by atoms with E-state index in [1.807, 2.05) is 18.2 Å². The Morgan fingerprint density at radius 1 is 1.29 bits per heavy atom. The molecule has 0 saturated heterocycles. The van der Waals surface area contributed by atoms with Gasteiger partial charge < -0.3 is 9.84 Å². The minimum Gasteiger partial charge on any atom is -0.342 e. The van der Waals surface area contributed by atoms with Crippen LogP contribution in [0.2, 0.25) is 0 Å². The molecule has 0 unspecified atom stereocenters. The predicted octanol–water partition coefficient (Wildman–Crippen LogP) is 1.32. The summed E-state index contributed by atoms with van der Waals surface area (Å²) >= 11 is 0. The maximum atomic E-state index is 11.4. The van der Waals surface area contributed by atoms with Crippen LogP contribution in [0.5, 0.6) is 0 Å². The van der Waals surface area contributed by atoms with Gasteiger partial charge in [-0.25, -0.2) is 0 Å². The van der Waals surface area contributed by atoms with E-state index < -0.39 is 0 Å². The fourth-order valence-corrected chi connectivity index (χ4v) is 0.979. The maximum absolute atomic E-state index is 11.4.